The second kappa shape index (κ2) is 5.37. The van der Waals surface area contributed by atoms with Gasteiger partial charge in [0.1, 0.15) is 5.82 Å². The number of benzene rings is 1. The molecule has 0 bridgehead atoms. The van der Waals surface area contributed by atoms with Crippen LogP contribution in [-0.2, 0) is 6.54 Å². The molecule has 98 valence electrons. The average Bonchev–Trinajstić information content (AvgIpc) is 3.04. The topological polar surface area (TPSA) is 15.3 Å². The van der Waals surface area contributed by atoms with E-state index in [1.54, 1.807) is 6.07 Å². The van der Waals surface area contributed by atoms with Gasteiger partial charge in [0.05, 0.1) is 0 Å². The van der Waals surface area contributed by atoms with Crippen LogP contribution < -0.4 is 5.32 Å². The average molecular weight is 248 g/mol. The molecule has 3 heteroatoms. The first-order chi connectivity index (χ1) is 8.83. The van der Waals surface area contributed by atoms with Gasteiger partial charge in [-0.1, -0.05) is 12.1 Å². The van der Waals surface area contributed by atoms with Crippen molar-refractivity contribution >= 4 is 0 Å². The van der Waals surface area contributed by atoms with Crippen molar-refractivity contribution in [2.24, 2.45) is 0 Å². The van der Waals surface area contributed by atoms with Crippen LogP contribution in [0.5, 0.6) is 0 Å². The summed E-state index contributed by atoms with van der Waals surface area (Å²) >= 11 is 0. The number of nitrogens with one attached hydrogen (secondary N) is 1. The molecule has 2 fully saturated rings. The maximum atomic E-state index is 14.1. The largest absolute Gasteiger partial charge is 0.316 e. The van der Waals surface area contributed by atoms with Crippen LogP contribution in [0.2, 0.25) is 0 Å². The predicted octanol–water partition coefficient (Wildman–Crippen LogP) is 2.50. The van der Waals surface area contributed by atoms with E-state index in [1.807, 2.05) is 6.07 Å². The van der Waals surface area contributed by atoms with Crippen LogP contribution in [0.15, 0.2) is 18.2 Å². The fourth-order valence-corrected chi connectivity index (χ4v) is 3.07. The number of hydrogen-bond donors (Lipinski definition) is 1. The lowest BCUT2D eigenvalue weighted by Gasteiger charge is -2.16. The van der Waals surface area contributed by atoms with Crippen molar-refractivity contribution in [3.05, 3.63) is 35.1 Å². The maximum Gasteiger partial charge on any atom is 0.127 e. The van der Waals surface area contributed by atoms with Gasteiger partial charge in [0.25, 0.3) is 0 Å². The van der Waals surface area contributed by atoms with Crippen molar-refractivity contribution in [2.75, 3.05) is 26.2 Å². The minimum absolute atomic E-state index is 0.0219. The van der Waals surface area contributed by atoms with Gasteiger partial charge in [-0.25, -0.2) is 4.39 Å². The lowest BCUT2D eigenvalue weighted by molar-refractivity contribution is 0.325. The van der Waals surface area contributed by atoms with Gasteiger partial charge < -0.3 is 5.32 Å². The van der Waals surface area contributed by atoms with Crippen molar-refractivity contribution in [2.45, 2.75) is 31.7 Å². The number of nitrogens with zero attached hydrogens (tertiary/aromatic N) is 1. The Balaban J connectivity index is 1.71. The van der Waals surface area contributed by atoms with Crippen molar-refractivity contribution in [1.29, 1.82) is 0 Å². The number of likely N-dealkylation sites (tertiary alicyclic amines) is 1. The summed E-state index contributed by atoms with van der Waals surface area (Å²) in [5.41, 5.74) is 2.01. The molecule has 0 aromatic heterocycles. The quantitative estimate of drug-likeness (QED) is 0.884. The van der Waals surface area contributed by atoms with Crippen LogP contribution in [0.1, 0.15) is 36.3 Å². The van der Waals surface area contributed by atoms with E-state index in [9.17, 15) is 4.39 Å². The van der Waals surface area contributed by atoms with Gasteiger partial charge >= 0.3 is 0 Å². The normalized spacial score (nSPS) is 24.8. The van der Waals surface area contributed by atoms with Gasteiger partial charge in [-0.3, -0.25) is 4.90 Å². The molecule has 3 rings (SSSR count). The van der Waals surface area contributed by atoms with Gasteiger partial charge in [0.15, 0.2) is 0 Å². The molecule has 0 saturated carbocycles. The molecule has 0 amide bonds. The number of halogens is 1. The zero-order valence-corrected chi connectivity index (χ0v) is 10.8. The van der Waals surface area contributed by atoms with Gasteiger partial charge in [0, 0.05) is 18.7 Å². The summed E-state index contributed by atoms with van der Waals surface area (Å²) < 4.78 is 14.1. The van der Waals surface area contributed by atoms with Gasteiger partial charge in [-0.05, 0) is 56.4 Å². The maximum absolute atomic E-state index is 14.1. The Morgan fingerprint density at radius 2 is 2.11 bits per heavy atom. The molecule has 0 radical (unpaired) electrons. The Bertz CT molecular complexity index is 407. The van der Waals surface area contributed by atoms with E-state index < -0.39 is 0 Å². The molecule has 2 aliphatic rings. The van der Waals surface area contributed by atoms with E-state index in [0.717, 1.165) is 50.3 Å². The molecule has 0 aliphatic carbocycles. The van der Waals surface area contributed by atoms with Crippen LogP contribution in [0.4, 0.5) is 4.39 Å². The monoisotopic (exact) mass is 248 g/mol. The van der Waals surface area contributed by atoms with Crippen LogP contribution >= 0.6 is 0 Å². The zero-order valence-electron chi connectivity index (χ0n) is 10.8. The summed E-state index contributed by atoms with van der Waals surface area (Å²) in [7, 11) is 0. The first kappa shape index (κ1) is 12.1. The summed E-state index contributed by atoms with van der Waals surface area (Å²) in [4.78, 5) is 2.34. The van der Waals surface area contributed by atoms with Gasteiger partial charge in [-0.2, -0.15) is 0 Å². The third kappa shape index (κ3) is 2.57. The second-order valence-electron chi connectivity index (χ2n) is 5.52. The standard InChI is InChI=1S/C15H21FN2/c16-15-9-12(13-5-6-17-10-13)3-4-14(15)11-18-7-1-2-8-18/h3-4,9,13,17H,1-2,5-8,10-11H2. The van der Waals surface area contributed by atoms with Crippen molar-refractivity contribution in [3.63, 3.8) is 0 Å². The molecular formula is C15H21FN2. The summed E-state index contributed by atoms with van der Waals surface area (Å²) in [5.74, 6) is 0.478. The van der Waals surface area contributed by atoms with E-state index >= 15 is 0 Å². The van der Waals surface area contributed by atoms with Crippen LogP contribution in [0.25, 0.3) is 0 Å². The Morgan fingerprint density at radius 1 is 1.28 bits per heavy atom. The Kier molecular flexibility index (Phi) is 3.62. The number of hydrogen-bond acceptors (Lipinski definition) is 2. The molecule has 1 aromatic rings. The highest BCUT2D eigenvalue weighted by Crippen LogP contribution is 2.25. The molecule has 1 N–H and O–H groups in total. The first-order valence-corrected chi connectivity index (χ1v) is 7.04. The Hall–Kier alpha value is -0.930. The lowest BCUT2D eigenvalue weighted by atomic mass is 9.97. The summed E-state index contributed by atoms with van der Waals surface area (Å²) in [6.45, 7) is 5.06. The molecule has 1 unspecified atom stereocenters. The molecular weight excluding hydrogens is 227 g/mol. The van der Waals surface area contributed by atoms with E-state index in [0.29, 0.717) is 5.92 Å². The van der Waals surface area contributed by atoms with Crippen LogP contribution in [0.3, 0.4) is 0 Å². The van der Waals surface area contributed by atoms with E-state index in [1.165, 1.54) is 12.8 Å². The Morgan fingerprint density at radius 3 is 2.78 bits per heavy atom. The third-order valence-corrected chi connectivity index (χ3v) is 4.20. The molecule has 0 spiro atoms. The smallest absolute Gasteiger partial charge is 0.127 e. The molecule has 2 heterocycles. The highest BCUT2D eigenvalue weighted by Gasteiger charge is 2.19. The lowest BCUT2D eigenvalue weighted by Crippen LogP contribution is -2.19. The fourth-order valence-electron chi connectivity index (χ4n) is 3.07. The van der Waals surface area contributed by atoms with E-state index in [2.05, 4.69) is 16.3 Å². The van der Waals surface area contributed by atoms with Gasteiger partial charge in [0.2, 0.25) is 0 Å². The highest BCUT2D eigenvalue weighted by molar-refractivity contribution is 5.28. The predicted molar refractivity (Wildman–Crippen MR) is 71.1 cm³/mol. The summed E-state index contributed by atoms with van der Waals surface area (Å²) in [6, 6.07) is 5.86. The molecule has 18 heavy (non-hydrogen) atoms. The Labute approximate surface area is 108 Å². The van der Waals surface area contributed by atoms with E-state index in [4.69, 9.17) is 0 Å². The molecule has 2 nitrogen and oxygen atoms in total. The molecule has 2 saturated heterocycles. The van der Waals surface area contributed by atoms with Crippen molar-refractivity contribution in [3.8, 4) is 0 Å². The van der Waals surface area contributed by atoms with Crippen molar-refractivity contribution < 1.29 is 4.39 Å². The summed E-state index contributed by atoms with van der Waals surface area (Å²) in [6.07, 6.45) is 3.64. The minimum atomic E-state index is -0.0219. The van der Waals surface area contributed by atoms with Gasteiger partial charge in [-0.15, -0.1) is 0 Å². The number of rotatable bonds is 3. The second-order valence-corrected chi connectivity index (χ2v) is 5.52. The SMILES string of the molecule is Fc1cc(C2CCNC2)ccc1CN1CCCC1. The minimum Gasteiger partial charge on any atom is -0.316 e. The molecule has 2 aliphatic heterocycles. The van der Waals surface area contributed by atoms with Crippen LogP contribution in [-0.4, -0.2) is 31.1 Å². The highest BCUT2D eigenvalue weighted by atomic mass is 19.1. The fraction of sp³-hybridized carbons (Fsp3) is 0.600. The summed E-state index contributed by atoms with van der Waals surface area (Å²) in [5, 5.41) is 3.33. The molecule has 1 aromatic carbocycles. The van der Waals surface area contributed by atoms with Crippen LogP contribution in [0, 0.1) is 5.82 Å². The van der Waals surface area contributed by atoms with E-state index in [-0.39, 0.29) is 5.82 Å². The molecule has 1 atom stereocenters. The first-order valence-electron chi connectivity index (χ1n) is 7.04. The third-order valence-electron chi connectivity index (χ3n) is 4.20. The zero-order chi connectivity index (χ0) is 12.4. The van der Waals surface area contributed by atoms with Crippen molar-refractivity contribution in [1.82, 2.24) is 10.2 Å².